The first-order valence-electron chi connectivity index (χ1n) is 4.72. The van der Waals surface area contributed by atoms with Gasteiger partial charge in [0.2, 0.25) is 0 Å². The summed E-state index contributed by atoms with van der Waals surface area (Å²) in [6.07, 6.45) is 1.16. The van der Waals surface area contributed by atoms with Gasteiger partial charge in [-0.15, -0.1) is 0 Å². The number of hydrogen-bond acceptors (Lipinski definition) is 1. The van der Waals surface area contributed by atoms with Gasteiger partial charge >= 0.3 is 0 Å². The zero-order valence-corrected chi connectivity index (χ0v) is 9.48. The maximum Gasteiger partial charge on any atom is 0.0797 e. The Morgan fingerprint density at radius 2 is 1.77 bits per heavy atom. The van der Waals surface area contributed by atoms with Crippen molar-refractivity contribution >= 4 is 0 Å². The van der Waals surface area contributed by atoms with Gasteiger partial charge in [0.05, 0.1) is 27.7 Å². The molecule has 0 spiro atoms. The average molecular weight is 183 g/mol. The van der Waals surface area contributed by atoms with Gasteiger partial charge in [-0.3, -0.25) is 0 Å². The fraction of sp³-hybridized carbons (Fsp3) is 0.636. The van der Waals surface area contributed by atoms with Gasteiger partial charge in [0, 0.05) is 18.7 Å². The lowest BCUT2D eigenvalue weighted by Crippen LogP contribution is -2.36. The standard InChI is InChI=1S/C11H23N2/c1-10(2)11(3)12-8-7-9-13(4,5)6/h12H,1,3,7-9H2,2,4-6H3/q+1. The summed E-state index contributed by atoms with van der Waals surface area (Å²) in [6.45, 7) is 11.8. The molecule has 0 saturated carbocycles. The van der Waals surface area contributed by atoms with Crippen molar-refractivity contribution in [2.75, 3.05) is 34.2 Å². The van der Waals surface area contributed by atoms with E-state index in [9.17, 15) is 0 Å². The van der Waals surface area contributed by atoms with Crippen molar-refractivity contribution in [3.63, 3.8) is 0 Å². The first-order chi connectivity index (χ1) is 5.83. The van der Waals surface area contributed by atoms with Gasteiger partial charge in [-0.05, 0) is 12.5 Å². The molecule has 0 aliphatic carbocycles. The SMILES string of the molecule is C=C(C)C(=C)NCCC[N+](C)(C)C. The molecule has 0 heterocycles. The Hall–Kier alpha value is -0.760. The van der Waals surface area contributed by atoms with E-state index in [-0.39, 0.29) is 0 Å². The summed E-state index contributed by atoms with van der Waals surface area (Å²) in [6, 6.07) is 0. The van der Waals surface area contributed by atoms with Crippen LogP contribution >= 0.6 is 0 Å². The van der Waals surface area contributed by atoms with Crippen molar-refractivity contribution < 1.29 is 4.48 Å². The van der Waals surface area contributed by atoms with E-state index < -0.39 is 0 Å². The summed E-state index contributed by atoms with van der Waals surface area (Å²) in [4.78, 5) is 0. The van der Waals surface area contributed by atoms with E-state index >= 15 is 0 Å². The molecule has 0 aliphatic heterocycles. The molecule has 1 N–H and O–H groups in total. The average Bonchev–Trinajstić information content (AvgIpc) is 1.95. The van der Waals surface area contributed by atoms with Crippen LogP contribution in [0.5, 0.6) is 0 Å². The second-order valence-corrected chi connectivity index (χ2v) is 4.55. The summed E-state index contributed by atoms with van der Waals surface area (Å²) in [7, 11) is 6.61. The second kappa shape index (κ2) is 5.07. The molecule has 2 nitrogen and oxygen atoms in total. The number of hydrogen-bond donors (Lipinski definition) is 1. The van der Waals surface area contributed by atoms with Crippen molar-refractivity contribution in [3.8, 4) is 0 Å². The molecule has 0 aromatic heterocycles. The minimum Gasteiger partial charge on any atom is -0.385 e. The predicted octanol–water partition coefficient (Wildman–Crippen LogP) is 1.76. The highest BCUT2D eigenvalue weighted by Crippen LogP contribution is 1.99. The molecule has 0 unspecified atom stereocenters. The third-order valence-corrected chi connectivity index (χ3v) is 1.86. The van der Waals surface area contributed by atoms with Crippen LogP contribution in [0.15, 0.2) is 24.4 Å². The predicted molar refractivity (Wildman–Crippen MR) is 59.5 cm³/mol. The third kappa shape index (κ3) is 7.60. The Bertz CT molecular complexity index is 187. The zero-order valence-electron chi connectivity index (χ0n) is 9.48. The lowest BCUT2D eigenvalue weighted by atomic mass is 10.2. The van der Waals surface area contributed by atoms with Gasteiger partial charge in [0.15, 0.2) is 0 Å². The molecule has 0 rings (SSSR count). The van der Waals surface area contributed by atoms with Gasteiger partial charge in [-0.1, -0.05) is 13.2 Å². The van der Waals surface area contributed by atoms with Crippen molar-refractivity contribution in [3.05, 3.63) is 24.4 Å². The number of allylic oxidation sites excluding steroid dienone is 1. The monoisotopic (exact) mass is 183 g/mol. The normalized spacial score (nSPS) is 11.1. The fourth-order valence-corrected chi connectivity index (χ4v) is 0.944. The smallest absolute Gasteiger partial charge is 0.0797 e. The van der Waals surface area contributed by atoms with Gasteiger partial charge in [-0.25, -0.2) is 0 Å². The maximum absolute atomic E-state index is 3.87. The maximum atomic E-state index is 3.87. The van der Waals surface area contributed by atoms with Gasteiger partial charge in [0.25, 0.3) is 0 Å². The quantitative estimate of drug-likeness (QED) is 0.376. The van der Waals surface area contributed by atoms with Crippen LogP contribution in [0, 0.1) is 0 Å². The van der Waals surface area contributed by atoms with Crippen LogP contribution in [0.4, 0.5) is 0 Å². The van der Waals surface area contributed by atoms with Crippen LogP contribution in [-0.2, 0) is 0 Å². The summed E-state index contributed by atoms with van der Waals surface area (Å²) < 4.78 is 1.02. The van der Waals surface area contributed by atoms with Crippen LogP contribution in [0.25, 0.3) is 0 Å². The van der Waals surface area contributed by atoms with Crippen LogP contribution in [0.2, 0.25) is 0 Å². The van der Waals surface area contributed by atoms with Crippen molar-refractivity contribution in [1.29, 1.82) is 0 Å². The molecule has 0 saturated heterocycles. The number of quaternary nitrogens is 1. The largest absolute Gasteiger partial charge is 0.385 e. The van der Waals surface area contributed by atoms with E-state index in [1.54, 1.807) is 0 Å². The van der Waals surface area contributed by atoms with Gasteiger partial charge in [-0.2, -0.15) is 0 Å². The van der Waals surface area contributed by atoms with E-state index in [1.807, 2.05) is 6.92 Å². The van der Waals surface area contributed by atoms with E-state index in [4.69, 9.17) is 0 Å². The first kappa shape index (κ1) is 12.2. The van der Waals surface area contributed by atoms with E-state index in [0.29, 0.717) is 0 Å². The molecule has 0 radical (unpaired) electrons. The molecule has 0 amide bonds. The van der Waals surface area contributed by atoms with E-state index in [1.165, 1.54) is 6.54 Å². The topological polar surface area (TPSA) is 12.0 Å². The van der Waals surface area contributed by atoms with Crippen LogP contribution in [-0.4, -0.2) is 38.7 Å². The first-order valence-corrected chi connectivity index (χ1v) is 4.72. The Morgan fingerprint density at radius 3 is 2.15 bits per heavy atom. The lowest BCUT2D eigenvalue weighted by molar-refractivity contribution is -0.870. The Balaban J connectivity index is 3.47. The Morgan fingerprint density at radius 1 is 1.23 bits per heavy atom. The molecule has 13 heavy (non-hydrogen) atoms. The number of rotatable bonds is 6. The van der Waals surface area contributed by atoms with Crippen LogP contribution in [0.1, 0.15) is 13.3 Å². The molecule has 2 heteroatoms. The van der Waals surface area contributed by atoms with Crippen LogP contribution in [0.3, 0.4) is 0 Å². The fourth-order valence-electron chi connectivity index (χ4n) is 0.944. The highest BCUT2D eigenvalue weighted by atomic mass is 15.3. The lowest BCUT2D eigenvalue weighted by Gasteiger charge is -2.24. The summed E-state index contributed by atoms with van der Waals surface area (Å²) in [5.74, 6) is 0. The minimum absolute atomic E-state index is 0.960. The minimum atomic E-state index is 0.960. The third-order valence-electron chi connectivity index (χ3n) is 1.86. The molecule has 0 atom stereocenters. The zero-order chi connectivity index (χ0) is 10.5. The molecule has 0 aromatic carbocycles. The van der Waals surface area contributed by atoms with Gasteiger partial charge < -0.3 is 9.80 Å². The van der Waals surface area contributed by atoms with Gasteiger partial charge in [0.1, 0.15) is 0 Å². The number of nitrogens with one attached hydrogen (secondary N) is 1. The summed E-state index contributed by atoms with van der Waals surface area (Å²) in [5, 5.41) is 3.25. The Labute approximate surface area is 82.5 Å². The second-order valence-electron chi connectivity index (χ2n) is 4.55. The molecule has 0 bridgehead atoms. The van der Waals surface area contributed by atoms with E-state index in [0.717, 1.165) is 28.7 Å². The highest BCUT2D eigenvalue weighted by Gasteiger charge is 2.05. The molecular formula is C11H23N2+. The van der Waals surface area contributed by atoms with E-state index in [2.05, 4.69) is 39.6 Å². The highest BCUT2D eigenvalue weighted by molar-refractivity contribution is 5.20. The number of nitrogens with zero attached hydrogens (tertiary/aromatic N) is 1. The molecule has 0 fully saturated rings. The Kier molecular flexibility index (Phi) is 4.78. The van der Waals surface area contributed by atoms with Crippen molar-refractivity contribution in [2.24, 2.45) is 0 Å². The van der Waals surface area contributed by atoms with Crippen LogP contribution < -0.4 is 5.32 Å². The molecule has 0 aliphatic rings. The summed E-state index contributed by atoms with van der Waals surface area (Å²) >= 11 is 0. The summed E-state index contributed by atoms with van der Waals surface area (Å²) in [5.41, 5.74) is 1.98. The molecule has 76 valence electrons. The molecular weight excluding hydrogens is 160 g/mol. The van der Waals surface area contributed by atoms with Crippen molar-refractivity contribution in [2.45, 2.75) is 13.3 Å². The molecule has 0 aromatic rings. The van der Waals surface area contributed by atoms with Crippen molar-refractivity contribution in [1.82, 2.24) is 5.32 Å².